The normalized spacial score (nSPS) is 20.6. The molecule has 0 N–H and O–H groups in total. The Bertz CT molecular complexity index is 671. The zero-order valence-electron chi connectivity index (χ0n) is 11.6. The van der Waals surface area contributed by atoms with Crippen LogP contribution in [-0.2, 0) is 9.84 Å². The molecule has 1 unspecified atom stereocenters. The summed E-state index contributed by atoms with van der Waals surface area (Å²) in [6.45, 7) is 0.0430. The monoisotopic (exact) mass is 312 g/mol. The fourth-order valence-corrected chi connectivity index (χ4v) is 4.17. The second-order valence-electron chi connectivity index (χ2n) is 5.20. The van der Waals surface area contributed by atoms with Crippen molar-refractivity contribution in [3.05, 3.63) is 39.9 Å². The smallest absolute Gasteiger partial charge is 0.270 e. The van der Waals surface area contributed by atoms with Gasteiger partial charge in [0.25, 0.3) is 5.69 Å². The summed E-state index contributed by atoms with van der Waals surface area (Å²) in [5.74, 6) is -0.0517. The highest BCUT2D eigenvalue weighted by molar-refractivity contribution is 7.91. The molecule has 0 aliphatic carbocycles. The summed E-state index contributed by atoms with van der Waals surface area (Å²) >= 11 is 0. The number of hydrogen-bond acceptors (Lipinski definition) is 6. The number of nitro groups is 1. The molecule has 1 aromatic rings. The van der Waals surface area contributed by atoms with Crippen LogP contribution < -0.4 is 0 Å². The Morgan fingerprint density at radius 2 is 2.19 bits per heavy atom. The molecular formula is C13H16N2O5S. The number of carbonyl (C=O) groups excluding carboxylic acids is 1. The molecule has 7 nitrogen and oxygen atoms in total. The van der Waals surface area contributed by atoms with Gasteiger partial charge >= 0.3 is 0 Å². The van der Waals surface area contributed by atoms with E-state index < -0.39 is 14.8 Å². The lowest BCUT2D eigenvalue weighted by molar-refractivity contribution is -0.384. The molecule has 0 spiro atoms. The van der Waals surface area contributed by atoms with E-state index in [-0.39, 0.29) is 41.1 Å². The molecule has 1 saturated heterocycles. The van der Waals surface area contributed by atoms with Gasteiger partial charge < -0.3 is 0 Å². The number of sulfone groups is 1. The highest BCUT2D eigenvalue weighted by Crippen LogP contribution is 2.18. The van der Waals surface area contributed by atoms with Gasteiger partial charge in [-0.1, -0.05) is 12.1 Å². The number of nitro benzene ring substituents is 1. The van der Waals surface area contributed by atoms with Gasteiger partial charge in [-0.25, -0.2) is 8.42 Å². The molecule has 0 bridgehead atoms. The predicted octanol–water partition coefficient (Wildman–Crippen LogP) is 0.896. The van der Waals surface area contributed by atoms with Crippen LogP contribution in [0.25, 0.3) is 0 Å². The van der Waals surface area contributed by atoms with E-state index in [9.17, 15) is 23.3 Å². The summed E-state index contributed by atoms with van der Waals surface area (Å²) in [6, 6.07) is 5.38. The Balaban J connectivity index is 2.04. The van der Waals surface area contributed by atoms with Crippen molar-refractivity contribution in [1.82, 2.24) is 4.90 Å². The number of hydrogen-bond donors (Lipinski definition) is 0. The van der Waals surface area contributed by atoms with Crippen LogP contribution in [0.3, 0.4) is 0 Å². The molecule has 0 aromatic heterocycles. The highest BCUT2D eigenvalue weighted by atomic mass is 32.2. The third kappa shape index (κ3) is 3.85. The molecule has 1 aromatic carbocycles. The summed E-state index contributed by atoms with van der Waals surface area (Å²) in [7, 11) is -1.31. The van der Waals surface area contributed by atoms with Crippen molar-refractivity contribution in [3.8, 4) is 0 Å². The number of ketones is 1. The molecule has 1 aliphatic heterocycles. The maximum atomic E-state index is 12.1. The van der Waals surface area contributed by atoms with Crippen molar-refractivity contribution in [2.24, 2.45) is 0 Å². The summed E-state index contributed by atoms with van der Waals surface area (Å²) in [5, 5.41) is 10.7. The first-order valence-corrected chi connectivity index (χ1v) is 8.29. The van der Waals surface area contributed by atoms with Gasteiger partial charge in [0.05, 0.1) is 23.0 Å². The fourth-order valence-electron chi connectivity index (χ4n) is 2.36. The Kier molecular flexibility index (Phi) is 4.38. The van der Waals surface area contributed by atoms with Gasteiger partial charge in [0, 0.05) is 23.7 Å². The zero-order valence-corrected chi connectivity index (χ0v) is 12.4. The lowest BCUT2D eigenvalue weighted by Crippen LogP contribution is -2.36. The minimum Gasteiger partial charge on any atom is -0.295 e. The first kappa shape index (κ1) is 15.6. The van der Waals surface area contributed by atoms with Crippen LogP contribution in [0.1, 0.15) is 16.8 Å². The van der Waals surface area contributed by atoms with E-state index in [0.717, 1.165) is 0 Å². The average Bonchev–Trinajstić information content (AvgIpc) is 2.79. The lowest BCUT2D eigenvalue weighted by Gasteiger charge is -2.22. The SMILES string of the molecule is CN(CC(=O)c1cccc([N+](=O)[O-])c1)C1CCS(=O)(=O)C1. The van der Waals surface area contributed by atoms with Gasteiger partial charge in [0.2, 0.25) is 0 Å². The number of Topliss-reactive ketones (excluding diaryl/α,β-unsaturated/α-hetero) is 1. The van der Waals surface area contributed by atoms with Crippen molar-refractivity contribution in [3.63, 3.8) is 0 Å². The largest absolute Gasteiger partial charge is 0.295 e. The molecule has 0 radical (unpaired) electrons. The van der Waals surface area contributed by atoms with E-state index in [1.165, 1.54) is 24.3 Å². The van der Waals surface area contributed by atoms with Crippen LogP contribution in [0.5, 0.6) is 0 Å². The molecule has 1 aliphatic rings. The first-order valence-electron chi connectivity index (χ1n) is 6.47. The van der Waals surface area contributed by atoms with Gasteiger partial charge in [-0.15, -0.1) is 0 Å². The third-order valence-electron chi connectivity index (χ3n) is 3.60. The van der Waals surface area contributed by atoms with Gasteiger partial charge in [-0.3, -0.25) is 19.8 Å². The molecule has 8 heteroatoms. The van der Waals surface area contributed by atoms with Crippen LogP contribution in [-0.4, -0.2) is 55.2 Å². The van der Waals surface area contributed by atoms with E-state index >= 15 is 0 Å². The van der Waals surface area contributed by atoms with E-state index in [2.05, 4.69) is 0 Å². The quantitative estimate of drug-likeness (QED) is 0.455. The van der Waals surface area contributed by atoms with Crippen LogP contribution in [0, 0.1) is 10.1 Å². The van der Waals surface area contributed by atoms with E-state index in [1.54, 1.807) is 11.9 Å². The average molecular weight is 312 g/mol. The van der Waals surface area contributed by atoms with Crippen LogP contribution >= 0.6 is 0 Å². The van der Waals surface area contributed by atoms with E-state index in [4.69, 9.17) is 0 Å². The maximum absolute atomic E-state index is 12.1. The summed E-state index contributed by atoms with van der Waals surface area (Å²) in [5.41, 5.74) is 0.129. The number of likely N-dealkylation sites (N-methyl/N-ethyl adjacent to an activating group) is 1. The second-order valence-corrected chi connectivity index (χ2v) is 7.43. The number of nitrogens with zero attached hydrogens (tertiary/aromatic N) is 2. The Morgan fingerprint density at radius 3 is 2.76 bits per heavy atom. The van der Waals surface area contributed by atoms with Crippen LogP contribution in [0.2, 0.25) is 0 Å². The highest BCUT2D eigenvalue weighted by Gasteiger charge is 2.31. The zero-order chi connectivity index (χ0) is 15.6. The van der Waals surface area contributed by atoms with E-state index in [1.807, 2.05) is 0 Å². The minimum atomic E-state index is -3.00. The third-order valence-corrected chi connectivity index (χ3v) is 5.35. The molecule has 114 valence electrons. The fraction of sp³-hybridized carbons (Fsp3) is 0.462. The van der Waals surface area contributed by atoms with Gasteiger partial charge in [-0.05, 0) is 13.5 Å². The number of non-ortho nitro benzene ring substituents is 1. The van der Waals surface area contributed by atoms with Crippen molar-refractivity contribution in [2.75, 3.05) is 25.1 Å². The first-order chi connectivity index (χ1) is 9.78. The van der Waals surface area contributed by atoms with Crippen molar-refractivity contribution in [2.45, 2.75) is 12.5 Å². The number of benzene rings is 1. The second kappa shape index (κ2) is 5.90. The molecule has 0 saturated carbocycles. The lowest BCUT2D eigenvalue weighted by atomic mass is 10.1. The van der Waals surface area contributed by atoms with Gasteiger partial charge in [0.1, 0.15) is 0 Å². The predicted molar refractivity (Wildman–Crippen MR) is 77.1 cm³/mol. The molecule has 1 atom stereocenters. The molecular weight excluding hydrogens is 296 g/mol. The molecule has 2 rings (SSSR count). The molecule has 1 fully saturated rings. The number of carbonyl (C=O) groups is 1. The van der Waals surface area contributed by atoms with Gasteiger partial charge in [0.15, 0.2) is 15.6 Å². The molecule has 1 heterocycles. The minimum absolute atomic E-state index is 0.0430. The Hall–Kier alpha value is -1.80. The summed E-state index contributed by atoms with van der Waals surface area (Å²) < 4.78 is 22.9. The summed E-state index contributed by atoms with van der Waals surface area (Å²) in [4.78, 5) is 24.0. The molecule has 21 heavy (non-hydrogen) atoms. The van der Waals surface area contributed by atoms with Crippen LogP contribution in [0.4, 0.5) is 5.69 Å². The standard InChI is InChI=1S/C13H16N2O5S/c1-14(12-5-6-21(19,20)9-12)8-13(16)10-3-2-4-11(7-10)15(17)18/h2-4,7,12H,5-6,8-9H2,1H3. The van der Waals surface area contributed by atoms with Crippen molar-refractivity contribution >= 4 is 21.3 Å². The number of rotatable bonds is 5. The van der Waals surface area contributed by atoms with Crippen molar-refractivity contribution < 1.29 is 18.1 Å². The summed E-state index contributed by atoms with van der Waals surface area (Å²) in [6.07, 6.45) is 0.515. The van der Waals surface area contributed by atoms with Gasteiger partial charge in [-0.2, -0.15) is 0 Å². The topological polar surface area (TPSA) is 97.6 Å². The van der Waals surface area contributed by atoms with Crippen molar-refractivity contribution in [1.29, 1.82) is 0 Å². The van der Waals surface area contributed by atoms with Crippen LogP contribution in [0.15, 0.2) is 24.3 Å². The van der Waals surface area contributed by atoms with E-state index in [0.29, 0.717) is 6.42 Å². The Labute approximate surface area is 122 Å². The maximum Gasteiger partial charge on any atom is 0.270 e. The molecule has 0 amide bonds. The Morgan fingerprint density at radius 1 is 1.48 bits per heavy atom.